The van der Waals surface area contributed by atoms with E-state index in [2.05, 4.69) is 17.4 Å². The second-order valence-corrected chi connectivity index (χ2v) is 7.06. The highest BCUT2D eigenvalue weighted by atomic mass is 16.6. The third kappa shape index (κ3) is 4.98. The Morgan fingerprint density at radius 3 is 2.70 bits per heavy atom. The Kier molecular flexibility index (Phi) is 5.29. The van der Waals surface area contributed by atoms with Crippen LogP contribution in [0, 0.1) is 0 Å². The van der Waals surface area contributed by atoms with Crippen LogP contribution in [-0.2, 0) is 16.0 Å². The van der Waals surface area contributed by atoms with Crippen molar-refractivity contribution in [2.75, 3.05) is 0 Å². The molecule has 0 aliphatic heterocycles. The summed E-state index contributed by atoms with van der Waals surface area (Å²) >= 11 is 0. The molecule has 5 heteroatoms. The van der Waals surface area contributed by atoms with Gasteiger partial charge in [0.25, 0.3) is 0 Å². The van der Waals surface area contributed by atoms with Gasteiger partial charge in [0, 0.05) is 0 Å². The Balaban J connectivity index is 2.06. The zero-order valence-corrected chi connectivity index (χ0v) is 14.0. The van der Waals surface area contributed by atoms with Crippen LogP contribution in [-0.4, -0.2) is 28.8 Å². The van der Waals surface area contributed by atoms with E-state index < -0.39 is 23.7 Å². The van der Waals surface area contributed by atoms with Gasteiger partial charge in [0.2, 0.25) is 0 Å². The molecule has 2 N–H and O–H groups in total. The van der Waals surface area contributed by atoms with Crippen molar-refractivity contribution >= 4 is 12.1 Å². The summed E-state index contributed by atoms with van der Waals surface area (Å²) in [6.07, 6.45) is 2.71. The molecule has 0 saturated heterocycles. The first-order valence-corrected chi connectivity index (χ1v) is 8.06. The van der Waals surface area contributed by atoms with Crippen molar-refractivity contribution in [3.05, 3.63) is 35.4 Å². The lowest BCUT2D eigenvalue weighted by Gasteiger charge is -2.28. The summed E-state index contributed by atoms with van der Waals surface area (Å²) in [7, 11) is 0. The quantitative estimate of drug-likeness (QED) is 0.891. The van der Waals surface area contributed by atoms with E-state index in [1.165, 1.54) is 11.1 Å². The molecule has 2 rings (SSSR count). The highest BCUT2D eigenvalue weighted by molar-refractivity contribution is 5.80. The van der Waals surface area contributed by atoms with E-state index in [1.807, 2.05) is 12.1 Å². The molecule has 1 aliphatic rings. The number of carboxylic acids is 1. The third-order valence-electron chi connectivity index (χ3n) is 4.00. The first-order chi connectivity index (χ1) is 10.8. The van der Waals surface area contributed by atoms with Crippen molar-refractivity contribution in [1.82, 2.24) is 5.32 Å². The molecule has 1 aromatic rings. The molecule has 0 bridgehead atoms. The van der Waals surface area contributed by atoms with Gasteiger partial charge in [-0.1, -0.05) is 24.3 Å². The maximum absolute atomic E-state index is 11.9. The number of rotatable bonds is 4. The first kappa shape index (κ1) is 17.3. The molecular weight excluding hydrogens is 294 g/mol. The molecule has 0 heterocycles. The number of hydrogen-bond acceptors (Lipinski definition) is 3. The second kappa shape index (κ2) is 7.02. The largest absolute Gasteiger partial charge is 0.480 e. The Morgan fingerprint density at radius 2 is 2.04 bits per heavy atom. The Hall–Kier alpha value is -2.04. The van der Waals surface area contributed by atoms with E-state index in [0.717, 1.165) is 19.3 Å². The lowest BCUT2D eigenvalue weighted by molar-refractivity contribution is -0.139. The van der Waals surface area contributed by atoms with E-state index in [9.17, 15) is 14.7 Å². The van der Waals surface area contributed by atoms with Gasteiger partial charge < -0.3 is 15.2 Å². The Labute approximate surface area is 137 Å². The van der Waals surface area contributed by atoms with Gasteiger partial charge in [0.1, 0.15) is 11.6 Å². The van der Waals surface area contributed by atoms with Crippen molar-refractivity contribution in [2.24, 2.45) is 0 Å². The average molecular weight is 319 g/mol. The zero-order valence-electron chi connectivity index (χ0n) is 14.0. The van der Waals surface area contributed by atoms with Crippen LogP contribution >= 0.6 is 0 Å². The fourth-order valence-corrected chi connectivity index (χ4v) is 3.06. The zero-order chi connectivity index (χ0) is 17.0. The molecule has 1 amide bonds. The van der Waals surface area contributed by atoms with Crippen LogP contribution < -0.4 is 5.32 Å². The average Bonchev–Trinajstić information content (AvgIpc) is 2.44. The van der Waals surface area contributed by atoms with Gasteiger partial charge in [0.15, 0.2) is 0 Å². The van der Waals surface area contributed by atoms with Gasteiger partial charge in [-0.3, -0.25) is 0 Å². The highest BCUT2D eigenvalue weighted by Crippen LogP contribution is 2.34. The molecule has 0 radical (unpaired) electrons. The number of carbonyl (C=O) groups excluding carboxylic acids is 1. The number of ether oxygens (including phenoxy) is 1. The number of aryl methyl sites for hydroxylation is 1. The summed E-state index contributed by atoms with van der Waals surface area (Å²) in [6, 6.07) is 7.20. The number of amides is 1. The third-order valence-corrected chi connectivity index (χ3v) is 4.00. The van der Waals surface area contributed by atoms with Crippen LogP contribution in [0.2, 0.25) is 0 Å². The van der Waals surface area contributed by atoms with Crippen LogP contribution in [0.1, 0.15) is 57.1 Å². The SMILES string of the molecule is CC(C)(C)OC(=O)NC(CC1CCCc2ccccc21)C(=O)O. The molecule has 2 atom stereocenters. The van der Waals surface area contributed by atoms with Crippen LogP contribution in [0.5, 0.6) is 0 Å². The number of benzene rings is 1. The maximum Gasteiger partial charge on any atom is 0.408 e. The Bertz CT molecular complexity index is 577. The smallest absolute Gasteiger partial charge is 0.408 e. The van der Waals surface area contributed by atoms with E-state index in [1.54, 1.807) is 20.8 Å². The molecule has 1 aliphatic carbocycles. The normalized spacial score (nSPS) is 18.7. The molecule has 1 aromatic carbocycles. The summed E-state index contributed by atoms with van der Waals surface area (Å²) in [5, 5.41) is 11.9. The predicted octanol–water partition coefficient (Wildman–Crippen LogP) is 3.47. The fourth-order valence-electron chi connectivity index (χ4n) is 3.06. The maximum atomic E-state index is 11.9. The number of fused-ring (bicyclic) bond motifs is 1. The Morgan fingerprint density at radius 1 is 1.35 bits per heavy atom. The van der Waals surface area contributed by atoms with E-state index in [-0.39, 0.29) is 5.92 Å². The van der Waals surface area contributed by atoms with Gasteiger partial charge >= 0.3 is 12.1 Å². The summed E-state index contributed by atoms with van der Waals surface area (Å²) in [5.41, 5.74) is 1.84. The van der Waals surface area contributed by atoms with Gasteiger partial charge in [-0.2, -0.15) is 0 Å². The van der Waals surface area contributed by atoms with Crippen molar-refractivity contribution in [3.63, 3.8) is 0 Å². The molecule has 0 saturated carbocycles. The van der Waals surface area contributed by atoms with Gasteiger partial charge in [-0.25, -0.2) is 9.59 Å². The van der Waals surface area contributed by atoms with E-state index in [4.69, 9.17) is 4.74 Å². The number of alkyl carbamates (subject to hydrolysis) is 1. The minimum absolute atomic E-state index is 0.149. The first-order valence-electron chi connectivity index (χ1n) is 8.06. The molecule has 5 nitrogen and oxygen atoms in total. The summed E-state index contributed by atoms with van der Waals surface area (Å²) in [4.78, 5) is 23.4. The van der Waals surface area contributed by atoms with Crippen LogP contribution in [0.25, 0.3) is 0 Å². The summed E-state index contributed by atoms with van der Waals surface area (Å²) < 4.78 is 5.16. The number of hydrogen-bond donors (Lipinski definition) is 2. The standard InChI is InChI=1S/C18H25NO4/c1-18(2,3)23-17(22)19-15(16(20)21)11-13-9-6-8-12-7-4-5-10-14(12)13/h4-5,7,10,13,15H,6,8-9,11H2,1-3H3,(H,19,22)(H,20,21). The van der Waals surface area contributed by atoms with Crippen molar-refractivity contribution in [2.45, 2.75) is 64.0 Å². The number of aliphatic carboxylic acids is 1. The minimum Gasteiger partial charge on any atom is -0.480 e. The fraction of sp³-hybridized carbons (Fsp3) is 0.556. The van der Waals surface area contributed by atoms with Crippen molar-refractivity contribution < 1.29 is 19.4 Å². The molecule has 2 unspecified atom stereocenters. The topological polar surface area (TPSA) is 75.6 Å². The molecule has 0 fully saturated rings. The van der Waals surface area contributed by atoms with Crippen molar-refractivity contribution in [3.8, 4) is 0 Å². The van der Waals surface area contributed by atoms with Gasteiger partial charge in [-0.15, -0.1) is 0 Å². The molecule has 126 valence electrons. The monoisotopic (exact) mass is 319 g/mol. The lowest BCUT2D eigenvalue weighted by atomic mass is 9.79. The molecule has 0 spiro atoms. The highest BCUT2D eigenvalue weighted by Gasteiger charge is 2.29. The minimum atomic E-state index is -1.03. The lowest BCUT2D eigenvalue weighted by Crippen LogP contribution is -2.44. The molecular formula is C18H25NO4. The summed E-state index contributed by atoms with van der Waals surface area (Å²) in [6.45, 7) is 5.25. The summed E-state index contributed by atoms with van der Waals surface area (Å²) in [5.74, 6) is -0.880. The van der Waals surface area contributed by atoms with E-state index >= 15 is 0 Å². The number of nitrogens with one attached hydrogen (secondary N) is 1. The second-order valence-electron chi connectivity index (χ2n) is 7.06. The van der Waals surface area contributed by atoms with Crippen molar-refractivity contribution in [1.29, 1.82) is 0 Å². The molecule has 23 heavy (non-hydrogen) atoms. The van der Waals surface area contributed by atoms with Gasteiger partial charge in [0.05, 0.1) is 0 Å². The predicted molar refractivity (Wildman–Crippen MR) is 87.5 cm³/mol. The number of carboxylic acid groups (broad SMARTS) is 1. The molecule has 0 aromatic heterocycles. The van der Waals surface area contributed by atoms with E-state index in [0.29, 0.717) is 6.42 Å². The van der Waals surface area contributed by atoms with Crippen LogP contribution in [0.15, 0.2) is 24.3 Å². The van der Waals surface area contributed by atoms with Gasteiger partial charge in [-0.05, 0) is 63.5 Å². The van der Waals surface area contributed by atoms with Crippen LogP contribution in [0.4, 0.5) is 4.79 Å². The number of carbonyl (C=O) groups is 2. The van der Waals surface area contributed by atoms with Crippen LogP contribution in [0.3, 0.4) is 0 Å².